The lowest BCUT2D eigenvalue weighted by Gasteiger charge is -2.15. The third-order valence-corrected chi connectivity index (χ3v) is 2.65. The summed E-state index contributed by atoms with van der Waals surface area (Å²) in [6.45, 7) is 2.35. The van der Waals surface area contributed by atoms with Crippen LogP contribution < -0.4 is 11.1 Å². The van der Waals surface area contributed by atoms with E-state index in [9.17, 15) is 9.59 Å². The third-order valence-electron chi connectivity index (χ3n) is 2.65. The van der Waals surface area contributed by atoms with E-state index in [1.165, 1.54) is 0 Å². The summed E-state index contributed by atoms with van der Waals surface area (Å²) in [6.07, 6.45) is 1.50. The van der Waals surface area contributed by atoms with E-state index in [1.54, 1.807) is 0 Å². The van der Waals surface area contributed by atoms with Gasteiger partial charge in [0.1, 0.15) is 6.04 Å². The fraction of sp³-hybridized carbons (Fsp3) is 0.429. The molecule has 104 valence electrons. The van der Waals surface area contributed by atoms with Gasteiger partial charge in [-0.1, -0.05) is 43.7 Å². The topological polar surface area (TPSA) is 81.4 Å². The van der Waals surface area contributed by atoms with Crippen LogP contribution in [0.25, 0.3) is 0 Å². The molecule has 5 nitrogen and oxygen atoms in total. The molecule has 0 heterocycles. The molecule has 1 aromatic rings. The monoisotopic (exact) mass is 264 g/mol. The Morgan fingerprint density at radius 1 is 1.32 bits per heavy atom. The molecule has 0 fully saturated rings. The molecule has 0 radical (unpaired) electrons. The van der Waals surface area contributed by atoms with Gasteiger partial charge in [0.25, 0.3) is 0 Å². The molecule has 1 aromatic carbocycles. The standard InChI is InChI=1S/C14H20N2O3/c1-2-3-9-19-14(18)16-12(13(15)17)10-11-7-5-4-6-8-11/h4-8,12H,2-3,9-10H2,1H3,(H2,15,17)(H,16,18)/t12-/m0/s1. The molecular weight excluding hydrogens is 244 g/mol. The molecule has 0 bridgehead atoms. The van der Waals surface area contributed by atoms with Crippen LogP contribution in [0.2, 0.25) is 0 Å². The summed E-state index contributed by atoms with van der Waals surface area (Å²) in [5.41, 5.74) is 6.21. The number of nitrogens with one attached hydrogen (secondary N) is 1. The second kappa shape index (κ2) is 8.13. The molecule has 1 atom stereocenters. The van der Waals surface area contributed by atoms with E-state index in [-0.39, 0.29) is 0 Å². The van der Waals surface area contributed by atoms with E-state index in [4.69, 9.17) is 10.5 Å². The highest BCUT2D eigenvalue weighted by atomic mass is 16.5. The Bertz CT molecular complexity index is 406. The Hall–Kier alpha value is -2.04. The van der Waals surface area contributed by atoms with E-state index in [0.29, 0.717) is 13.0 Å². The molecule has 0 aliphatic carbocycles. The summed E-state index contributed by atoms with van der Waals surface area (Å²) in [7, 11) is 0. The Kier molecular flexibility index (Phi) is 6.43. The van der Waals surface area contributed by atoms with Crippen molar-refractivity contribution in [2.45, 2.75) is 32.2 Å². The minimum Gasteiger partial charge on any atom is -0.450 e. The molecule has 19 heavy (non-hydrogen) atoms. The molecule has 0 aliphatic heterocycles. The van der Waals surface area contributed by atoms with Crippen LogP contribution >= 0.6 is 0 Å². The van der Waals surface area contributed by atoms with Crippen LogP contribution in [0.5, 0.6) is 0 Å². The van der Waals surface area contributed by atoms with Crippen LogP contribution in [0.4, 0.5) is 4.79 Å². The van der Waals surface area contributed by atoms with Crippen molar-refractivity contribution in [1.82, 2.24) is 5.32 Å². The van der Waals surface area contributed by atoms with Gasteiger partial charge in [-0.2, -0.15) is 0 Å². The highest BCUT2D eigenvalue weighted by Gasteiger charge is 2.19. The van der Waals surface area contributed by atoms with Crippen LogP contribution in [-0.4, -0.2) is 24.6 Å². The highest BCUT2D eigenvalue weighted by Crippen LogP contribution is 2.03. The number of hydrogen-bond donors (Lipinski definition) is 2. The molecule has 0 aromatic heterocycles. The summed E-state index contributed by atoms with van der Waals surface area (Å²) >= 11 is 0. The Labute approximate surface area is 113 Å². The maximum Gasteiger partial charge on any atom is 0.407 e. The Morgan fingerprint density at radius 3 is 2.58 bits per heavy atom. The number of nitrogens with two attached hydrogens (primary N) is 1. The smallest absolute Gasteiger partial charge is 0.407 e. The number of ether oxygens (including phenoxy) is 1. The third kappa shape index (κ3) is 5.90. The maximum absolute atomic E-state index is 11.5. The van der Waals surface area contributed by atoms with Gasteiger partial charge in [0, 0.05) is 6.42 Å². The molecule has 2 amide bonds. The van der Waals surface area contributed by atoms with Crippen LogP contribution in [0.1, 0.15) is 25.3 Å². The second-order valence-corrected chi connectivity index (χ2v) is 4.28. The summed E-state index contributed by atoms with van der Waals surface area (Å²) < 4.78 is 4.94. The molecule has 0 spiro atoms. The van der Waals surface area contributed by atoms with Crippen LogP contribution in [-0.2, 0) is 16.0 Å². The number of hydrogen-bond acceptors (Lipinski definition) is 3. The van der Waals surface area contributed by atoms with Gasteiger partial charge in [-0.05, 0) is 12.0 Å². The van der Waals surface area contributed by atoms with Crippen molar-refractivity contribution in [2.24, 2.45) is 5.73 Å². The summed E-state index contributed by atoms with van der Waals surface area (Å²) in [5.74, 6) is -0.573. The molecule has 0 aliphatic rings. The second-order valence-electron chi connectivity index (χ2n) is 4.28. The van der Waals surface area contributed by atoms with E-state index >= 15 is 0 Å². The Morgan fingerprint density at radius 2 is 2.00 bits per heavy atom. The number of benzene rings is 1. The van der Waals surface area contributed by atoms with Crippen molar-refractivity contribution in [1.29, 1.82) is 0 Å². The van der Waals surface area contributed by atoms with E-state index in [0.717, 1.165) is 18.4 Å². The molecule has 0 unspecified atom stereocenters. The summed E-state index contributed by atoms with van der Waals surface area (Å²) in [4.78, 5) is 22.8. The van der Waals surface area contributed by atoms with Gasteiger partial charge in [0.2, 0.25) is 5.91 Å². The number of amides is 2. The molecule has 0 saturated carbocycles. The maximum atomic E-state index is 11.5. The van der Waals surface area contributed by atoms with Crippen molar-refractivity contribution in [3.63, 3.8) is 0 Å². The molecule has 1 rings (SSSR count). The average Bonchev–Trinajstić information content (AvgIpc) is 2.39. The predicted molar refractivity (Wildman–Crippen MR) is 72.5 cm³/mol. The minimum absolute atomic E-state index is 0.346. The van der Waals surface area contributed by atoms with Gasteiger partial charge in [0.15, 0.2) is 0 Å². The fourth-order valence-electron chi connectivity index (χ4n) is 1.57. The minimum atomic E-state index is -0.753. The number of rotatable bonds is 7. The Balaban J connectivity index is 2.49. The van der Waals surface area contributed by atoms with Crippen LogP contribution in [0.15, 0.2) is 30.3 Å². The fourth-order valence-corrected chi connectivity index (χ4v) is 1.57. The number of unbranched alkanes of at least 4 members (excludes halogenated alkanes) is 1. The van der Waals surface area contributed by atoms with Crippen LogP contribution in [0, 0.1) is 0 Å². The molecule has 0 saturated heterocycles. The zero-order valence-electron chi connectivity index (χ0n) is 11.1. The molecular formula is C14H20N2O3. The zero-order chi connectivity index (χ0) is 14.1. The van der Waals surface area contributed by atoms with Crippen molar-refractivity contribution < 1.29 is 14.3 Å². The van der Waals surface area contributed by atoms with E-state index < -0.39 is 18.0 Å². The zero-order valence-corrected chi connectivity index (χ0v) is 11.1. The quantitative estimate of drug-likeness (QED) is 0.734. The van der Waals surface area contributed by atoms with Crippen molar-refractivity contribution >= 4 is 12.0 Å². The first-order chi connectivity index (χ1) is 9.13. The molecule has 3 N–H and O–H groups in total. The summed E-state index contributed by atoms with van der Waals surface area (Å²) in [5, 5.41) is 2.49. The predicted octanol–water partition coefficient (Wildman–Crippen LogP) is 1.61. The average molecular weight is 264 g/mol. The first-order valence-electron chi connectivity index (χ1n) is 6.40. The first kappa shape index (κ1) is 15.0. The number of carbonyl (C=O) groups excluding carboxylic acids is 2. The number of primary amides is 1. The van der Waals surface area contributed by atoms with Gasteiger partial charge in [-0.25, -0.2) is 4.79 Å². The number of carbonyl (C=O) groups is 2. The van der Waals surface area contributed by atoms with Crippen molar-refractivity contribution in [3.05, 3.63) is 35.9 Å². The van der Waals surface area contributed by atoms with Crippen molar-refractivity contribution in [2.75, 3.05) is 6.61 Å². The first-order valence-corrected chi connectivity index (χ1v) is 6.40. The van der Waals surface area contributed by atoms with Crippen molar-refractivity contribution in [3.8, 4) is 0 Å². The van der Waals surface area contributed by atoms with E-state index in [2.05, 4.69) is 5.32 Å². The lowest BCUT2D eigenvalue weighted by Crippen LogP contribution is -2.46. The highest BCUT2D eigenvalue weighted by molar-refractivity contribution is 5.84. The molecule has 5 heteroatoms. The van der Waals surface area contributed by atoms with Gasteiger partial charge in [0.05, 0.1) is 6.61 Å². The largest absolute Gasteiger partial charge is 0.450 e. The van der Waals surface area contributed by atoms with Crippen LogP contribution in [0.3, 0.4) is 0 Å². The van der Waals surface area contributed by atoms with Gasteiger partial charge < -0.3 is 15.8 Å². The number of alkyl carbamates (subject to hydrolysis) is 1. The normalized spacial score (nSPS) is 11.6. The van der Waals surface area contributed by atoms with Gasteiger partial charge >= 0.3 is 6.09 Å². The lowest BCUT2D eigenvalue weighted by molar-refractivity contribution is -0.119. The van der Waals surface area contributed by atoms with E-state index in [1.807, 2.05) is 37.3 Å². The van der Waals surface area contributed by atoms with Gasteiger partial charge in [-0.3, -0.25) is 4.79 Å². The SMILES string of the molecule is CCCCOC(=O)N[C@@H](Cc1ccccc1)C(N)=O. The summed E-state index contributed by atoms with van der Waals surface area (Å²) in [6, 6.07) is 8.62. The lowest BCUT2D eigenvalue weighted by atomic mass is 10.1. The van der Waals surface area contributed by atoms with Gasteiger partial charge in [-0.15, -0.1) is 0 Å².